The minimum Gasteiger partial charge on any atom is -0.462 e. The molecule has 0 aromatic rings. The van der Waals surface area contributed by atoms with E-state index in [4.69, 9.17) is 14.2 Å². The molecule has 0 aromatic heterocycles. The van der Waals surface area contributed by atoms with Gasteiger partial charge in [0.2, 0.25) is 0 Å². The maximum Gasteiger partial charge on any atom is 0.306 e. The van der Waals surface area contributed by atoms with E-state index in [2.05, 4.69) is 112 Å². The zero-order valence-corrected chi connectivity index (χ0v) is 42.0. The van der Waals surface area contributed by atoms with E-state index in [1.54, 1.807) is 0 Å². The highest BCUT2D eigenvalue weighted by atomic mass is 16.6. The number of unbranched alkanes of at least 4 members (excludes halogenated alkanes) is 21. The van der Waals surface area contributed by atoms with Crippen LogP contribution in [0.1, 0.15) is 239 Å². The summed E-state index contributed by atoms with van der Waals surface area (Å²) in [6, 6.07) is 0. The lowest BCUT2D eigenvalue weighted by Gasteiger charge is -2.18. The Labute approximate surface area is 396 Å². The molecule has 0 N–H and O–H groups in total. The molecule has 5 nitrogen and oxygen atoms in total. The molecule has 366 valence electrons. The number of carbonyl (C=O) groups excluding carboxylic acids is 2. The molecule has 0 fully saturated rings. The second-order valence-corrected chi connectivity index (χ2v) is 17.4. The fourth-order valence-electron chi connectivity index (χ4n) is 7.15. The zero-order chi connectivity index (χ0) is 46.3. The van der Waals surface area contributed by atoms with Crippen LogP contribution in [0.25, 0.3) is 0 Å². The first-order valence-electron chi connectivity index (χ1n) is 26.8. The van der Waals surface area contributed by atoms with Gasteiger partial charge in [0.1, 0.15) is 6.61 Å². The molecule has 0 spiro atoms. The maximum absolute atomic E-state index is 12.8. The van der Waals surface area contributed by atoms with Crippen LogP contribution in [0.3, 0.4) is 0 Å². The summed E-state index contributed by atoms with van der Waals surface area (Å²) in [4.78, 5) is 25.4. The second kappa shape index (κ2) is 54.2. The molecule has 0 radical (unpaired) electrons. The number of allylic oxidation sites excluding steroid dienone is 16. The molecule has 0 aliphatic carbocycles. The van der Waals surface area contributed by atoms with Crippen LogP contribution in [0.2, 0.25) is 0 Å². The Morgan fingerprint density at radius 1 is 0.359 bits per heavy atom. The van der Waals surface area contributed by atoms with Gasteiger partial charge in [-0.05, 0) is 89.9 Å². The predicted octanol–water partition coefficient (Wildman–Crippen LogP) is 18.2. The largest absolute Gasteiger partial charge is 0.462 e. The van der Waals surface area contributed by atoms with E-state index >= 15 is 0 Å². The molecular weight excluding hydrogens is 789 g/mol. The topological polar surface area (TPSA) is 61.8 Å². The molecule has 64 heavy (non-hydrogen) atoms. The Balaban J connectivity index is 4.41. The van der Waals surface area contributed by atoms with Crippen molar-refractivity contribution in [1.29, 1.82) is 0 Å². The van der Waals surface area contributed by atoms with Crippen molar-refractivity contribution >= 4 is 11.9 Å². The van der Waals surface area contributed by atoms with E-state index in [9.17, 15) is 9.59 Å². The monoisotopic (exact) mass is 889 g/mol. The van der Waals surface area contributed by atoms with E-state index in [-0.39, 0.29) is 25.2 Å². The Morgan fingerprint density at radius 2 is 0.734 bits per heavy atom. The van der Waals surface area contributed by atoms with Crippen LogP contribution < -0.4 is 0 Å². The van der Waals surface area contributed by atoms with Gasteiger partial charge in [-0.15, -0.1) is 0 Å². The van der Waals surface area contributed by atoms with Crippen molar-refractivity contribution in [3.63, 3.8) is 0 Å². The van der Waals surface area contributed by atoms with E-state index in [1.165, 1.54) is 116 Å². The van der Waals surface area contributed by atoms with Gasteiger partial charge in [0, 0.05) is 19.4 Å². The van der Waals surface area contributed by atoms with E-state index in [0.717, 1.165) is 83.5 Å². The van der Waals surface area contributed by atoms with E-state index < -0.39 is 6.10 Å². The van der Waals surface area contributed by atoms with E-state index in [1.807, 2.05) is 6.08 Å². The lowest BCUT2D eigenvalue weighted by Crippen LogP contribution is -2.30. The Hall–Kier alpha value is -3.18. The molecule has 0 saturated carbocycles. The Morgan fingerprint density at radius 3 is 1.22 bits per heavy atom. The van der Waals surface area contributed by atoms with Crippen LogP contribution in [0.4, 0.5) is 0 Å². The fraction of sp³-hybridized carbons (Fsp3) is 0.695. The molecule has 0 rings (SSSR count). The molecule has 5 heteroatoms. The SMILES string of the molecule is CC/C=C\C/C=C\C/C=C\C/C=C\C/C=C\C/C=C\CCC(=O)OCC(COCCCCCCCCCCCCCCCC)OC(=O)CCCCCCC/C=C\C/C=C\CCCCC. The van der Waals surface area contributed by atoms with Gasteiger partial charge in [-0.1, -0.05) is 234 Å². The third-order valence-corrected chi connectivity index (χ3v) is 11.1. The number of esters is 2. The van der Waals surface area contributed by atoms with Crippen LogP contribution in [0, 0.1) is 0 Å². The minimum absolute atomic E-state index is 0.0369. The summed E-state index contributed by atoms with van der Waals surface area (Å²) < 4.78 is 17.3. The highest BCUT2D eigenvalue weighted by Crippen LogP contribution is 2.14. The Bertz CT molecular complexity index is 1230. The summed E-state index contributed by atoms with van der Waals surface area (Å²) in [5.74, 6) is -0.508. The number of hydrogen-bond donors (Lipinski definition) is 0. The molecule has 1 unspecified atom stereocenters. The smallest absolute Gasteiger partial charge is 0.306 e. The van der Waals surface area contributed by atoms with Gasteiger partial charge < -0.3 is 14.2 Å². The zero-order valence-electron chi connectivity index (χ0n) is 42.0. The van der Waals surface area contributed by atoms with Gasteiger partial charge in [0.15, 0.2) is 6.10 Å². The molecule has 0 aliphatic rings. The maximum atomic E-state index is 12.8. The van der Waals surface area contributed by atoms with Crippen LogP contribution in [0.5, 0.6) is 0 Å². The third kappa shape index (κ3) is 51.5. The summed E-state index contributed by atoms with van der Waals surface area (Å²) in [6.07, 6.45) is 72.8. The number of ether oxygens (including phenoxy) is 3. The molecule has 0 aromatic carbocycles. The van der Waals surface area contributed by atoms with Gasteiger partial charge in [-0.3, -0.25) is 9.59 Å². The highest BCUT2D eigenvalue weighted by molar-refractivity contribution is 5.70. The normalized spacial score (nSPS) is 13.0. The quantitative estimate of drug-likeness (QED) is 0.0346. The third-order valence-electron chi connectivity index (χ3n) is 11.1. The molecule has 0 amide bonds. The van der Waals surface area contributed by atoms with Crippen LogP contribution in [-0.4, -0.2) is 37.9 Å². The van der Waals surface area contributed by atoms with Crippen molar-refractivity contribution < 1.29 is 23.8 Å². The van der Waals surface area contributed by atoms with Crippen molar-refractivity contribution in [3.8, 4) is 0 Å². The average Bonchev–Trinajstić information content (AvgIpc) is 3.30. The predicted molar refractivity (Wildman–Crippen MR) is 279 cm³/mol. The summed E-state index contributed by atoms with van der Waals surface area (Å²) in [5.41, 5.74) is 0. The standard InChI is InChI=1S/C59H100O5/c1-4-7-10-13-16-19-22-25-28-29-30-31-33-34-37-40-43-46-49-52-58(60)63-56-57(55-62-54-51-48-45-42-39-36-27-24-21-18-15-12-9-6-3)64-59(61)53-50-47-44-41-38-35-32-26-23-20-17-14-11-8-5-2/h7,10,16-17,19-20,25-26,28,30-32,34,37,43,46,57H,4-6,8-9,11-15,18,21-24,27,29,33,35-36,38-42,44-45,47-56H2,1-3H3/b10-7-,19-16-,20-17-,28-25-,31-30-,32-26-,37-34-,46-43-. The highest BCUT2D eigenvalue weighted by Gasteiger charge is 2.17. The molecule has 1 atom stereocenters. The van der Waals surface area contributed by atoms with Gasteiger partial charge in [0.25, 0.3) is 0 Å². The number of hydrogen-bond acceptors (Lipinski definition) is 5. The van der Waals surface area contributed by atoms with Crippen molar-refractivity contribution in [2.75, 3.05) is 19.8 Å². The first-order valence-corrected chi connectivity index (χ1v) is 26.8. The first-order chi connectivity index (χ1) is 31.6. The van der Waals surface area contributed by atoms with Gasteiger partial charge in [0.05, 0.1) is 6.61 Å². The summed E-state index contributed by atoms with van der Waals surface area (Å²) in [6.45, 7) is 7.61. The van der Waals surface area contributed by atoms with Crippen LogP contribution in [0.15, 0.2) is 97.2 Å². The number of carbonyl (C=O) groups is 2. The lowest BCUT2D eigenvalue weighted by atomic mass is 10.0. The average molecular weight is 889 g/mol. The van der Waals surface area contributed by atoms with Crippen molar-refractivity contribution in [2.24, 2.45) is 0 Å². The van der Waals surface area contributed by atoms with Gasteiger partial charge in [-0.25, -0.2) is 0 Å². The molecule has 0 bridgehead atoms. The summed E-state index contributed by atoms with van der Waals surface area (Å²) in [7, 11) is 0. The van der Waals surface area contributed by atoms with Crippen LogP contribution >= 0.6 is 0 Å². The first kappa shape index (κ1) is 60.8. The summed E-state index contributed by atoms with van der Waals surface area (Å²) >= 11 is 0. The van der Waals surface area contributed by atoms with Crippen molar-refractivity contribution in [3.05, 3.63) is 97.2 Å². The summed E-state index contributed by atoms with van der Waals surface area (Å²) in [5, 5.41) is 0. The van der Waals surface area contributed by atoms with Crippen LogP contribution in [-0.2, 0) is 23.8 Å². The molecule has 0 saturated heterocycles. The molecule has 0 heterocycles. The van der Waals surface area contributed by atoms with Crippen molar-refractivity contribution in [1.82, 2.24) is 0 Å². The minimum atomic E-state index is -0.577. The van der Waals surface area contributed by atoms with Gasteiger partial charge >= 0.3 is 11.9 Å². The Kier molecular flexibility index (Phi) is 51.5. The molecule has 0 aliphatic heterocycles. The lowest BCUT2D eigenvalue weighted by molar-refractivity contribution is -0.162. The van der Waals surface area contributed by atoms with Gasteiger partial charge in [-0.2, -0.15) is 0 Å². The second-order valence-electron chi connectivity index (χ2n) is 17.4. The molecular formula is C59H100O5. The van der Waals surface area contributed by atoms with Crippen molar-refractivity contribution in [2.45, 2.75) is 245 Å². The van der Waals surface area contributed by atoms with E-state index in [0.29, 0.717) is 25.9 Å². The number of rotatable bonds is 48. The fourth-order valence-corrected chi connectivity index (χ4v) is 7.15.